The van der Waals surface area contributed by atoms with Crippen LogP contribution < -0.4 is 9.47 Å². The van der Waals surface area contributed by atoms with Crippen molar-refractivity contribution in [3.63, 3.8) is 0 Å². The Hall–Kier alpha value is -2.98. The Labute approximate surface area is 194 Å². The highest BCUT2D eigenvalue weighted by atomic mass is 32.1. The van der Waals surface area contributed by atoms with Crippen LogP contribution in [0.15, 0.2) is 29.9 Å². The third kappa shape index (κ3) is 4.08. The van der Waals surface area contributed by atoms with E-state index in [1.807, 2.05) is 5.38 Å². The second-order valence-electron chi connectivity index (χ2n) is 8.10. The molecule has 2 atom stereocenters. The molecule has 2 aliphatic heterocycles. The molecule has 0 N–H and O–H groups in total. The second-order valence-corrected chi connectivity index (χ2v) is 8.98. The number of aromatic nitrogens is 2. The van der Waals surface area contributed by atoms with Gasteiger partial charge in [0.15, 0.2) is 0 Å². The van der Waals surface area contributed by atoms with Crippen LogP contribution in [0.5, 0.6) is 11.6 Å². The monoisotopic (exact) mass is 473 g/mol. The Bertz CT molecular complexity index is 1160. The molecule has 0 radical (unpaired) electrons. The van der Waals surface area contributed by atoms with Gasteiger partial charge in [-0.25, -0.2) is 19.2 Å². The lowest BCUT2D eigenvalue weighted by molar-refractivity contribution is -0.109. The lowest BCUT2D eigenvalue weighted by Gasteiger charge is -2.45. The summed E-state index contributed by atoms with van der Waals surface area (Å²) in [6, 6.07) is 4.76. The number of amides is 1. The number of ether oxygens (including phenoxy) is 4. The van der Waals surface area contributed by atoms with E-state index in [0.717, 1.165) is 4.70 Å². The maximum Gasteiger partial charge on any atom is 0.409 e. The first-order valence-corrected chi connectivity index (χ1v) is 11.7. The number of halogens is 1. The Morgan fingerprint density at radius 2 is 2.03 bits per heavy atom. The van der Waals surface area contributed by atoms with Crippen LogP contribution in [-0.2, 0) is 9.47 Å². The molecule has 174 valence electrons. The van der Waals surface area contributed by atoms with Crippen LogP contribution in [0.2, 0.25) is 0 Å². The summed E-state index contributed by atoms with van der Waals surface area (Å²) >= 11 is 1.42. The molecule has 0 aliphatic carbocycles. The van der Waals surface area contributed by atoms with Crippen LogP contribution in [0.1, 0.15) is 6.92 Å². The molecule has 4 heterocycles. The number of benzene rings is 1. The minimum atomic E-state index is -0.381. The zero-order chi connectivity index (χ0) is 22.9. The fraction of sp³-hybridized carbons (Fsp3) is 0.435. The predicted molar refractivity (Wildman–Crippen MR) is 120 cm³/mol. The maximum absolute atomic E-state index is 14.7. The largest absolute Gasteiger partial charge is 0.497 e. The molecule has 2 unspecified atom stereocenters. The molecule has 5 rings (SSSR count). The van der Waals surface area contributed by atoms with E-state index in [0.29, 0.717) is 61.2 Å². The molecule has 1 amide bonds. The Morgan fingerprint density at radius 3 is 2.73 bits per heavy atom. The van der Waals surface area contributed by atoms with Crippen molar-refractivity contribution in [1.29, 1.82) is 0 Å². The first-order chi connectivity index (χ1) is 16.1. The van der Waals surface area contributed by atoms with E-state index in [4.69, 9.17) is 18.9 Å². The minimum absolute atomic E-state index is 0.00499. The average molecular weight is 474 g/mol. The van der Waals surface area contributed by atoms with Crippen LogP contribution in [0.25, 0.3) is 21.3 Å². The van der Waals surface area contributed by atoms with Gasteiger partial charge in [-0.05, 0) is 19.1 Å². The van der Waals surface area contributed by atoms with Gasteiger partial charge in [0, 0.05) is 47.5 Å². The standard InChI is InChI=1S/C23H24FN3O5S/c1-3-31-23(28)27-7-13-9-30-10-14(8-27)20(13)32-22-21-19(25-12-26-22)17(11-33-21)16-5-4-15(29-2)6-18(16)24/h4-6,11-14,20H,3,7-10H2,1-2H3. The fourth-order valence-corrected chi connectivity index (χ4v) is 5.48. The summed E-state index contributed by atoms with van der Waals surface area (Å²) in [5.41, 5.74) is 1.77. The maximum atomic E-state index is 14.7. The molecular formula is C23H24FN3O5S. The van der Waals surface area contributed by atoms with Gasteiger partial charge in [-0.2, -0.15) is 0 Å². The lowest BCUT2D eigenvalue weighted by atomic mass is 9.84. The number of thiophene rings is 1. The molecule has 0 spiro atoms. The lowest BCUT2D eigenvalue weighted by Crippen LogP contribution is -2.58. The van der Waals surface area contributed by atoms with E-state index in [1.54, 1.807) is 24.0 Å². The van der Waals surface area contributed by atoms with E-state index < -0.39 is 0 Å². The number of nitrogens with zero attached hydrogens (tertiary/aromatic N) is 3. The number of hydrogen-bond acceptors (Lipinski definition) is 8. The first kappa shape index (κ1) is 21.8. The van der Waals surface area contributed by atoms with Gasteiger partial charge in [0.1, 0.15) is 28.7 Å². The normalized spacial score (nSPS) is 22.3. The van der Waals surface area contributed by atoms with Crippen molar-refractivity contribution in [2.24, 2.45) is 11.8 Å². The molecule has 3 aromatic rings. The van der Waals surface area contributed by atoms with Crippen molar-refractivity contribution in [2.75, 3.05) is 40.0 Å². The highest BCUT2D eigenvalue weighted by Crippen LogP contribution is 2.40. The van der Waals surface area contributed by atoms with Gasteiger partial charge < -0.3 is 23.8 Å². The summed E-state index contributed by atoms with van der Waals surface area (Å²) in [7, 11) is 1.50. The number of rotatable bonds is 5. The summed E-state index contributed by atoms with van der Waals surface area (Å²) in [5, 5.41) is 1.87. The second kappa shape index (κ2) is 9.11. The van der Waals surface area contributed by atoms with E-state index >= 15 is 0 Å². The van der Waals surface area contributed by atoms with E-state index in [-0.39, 0.29) is 29.9 Å². The van der Waals surface area contributed by atoms with Gasteiger partial charge in [-0.3, -0.25) is 0 Å². The molecule has 8 nitrogen and oxygen atoms in total. The number of hydrogen-bond donors (Lipinski definition) is 0. The molecule has 2 aromatic heterocycles. The molecule has 1 aromatic carbocycles. The molecule has 2 aliphatic rings. The van der Waals surface area contributed by atoms with E-state index in [1.165, 1.54) is 30.8 Å². The van der Waals surface area contributed by atoms with Crippen LogP contribution in [0, 0.1) is 17.7 Å². The average Bonchev–Trinajstić information content (AvgIpc) is 3.24. The molecule has 2 bridgehead atoms. The van der Waals surface area contributed by atoms with Crippen LogP contribution in [0.3, 0.4) is 0 Å². The SMILES string of the molecule is CCOC(=O)N1CC2COCC(C1)C2Oc1ncnc2c(-c3ccc(OC)cc3F)csc12. The molecule has 0 saturated carbocycles. The topological polar surface area (TPSA) is 83.0 Å². The Balaban J connectivity index is 1.42. The number of carbonyl (C=O) groups is 1. The minimum Gasteiger partial charge on any atom is -0.497 e. The zero-order valence-corrected chi connectivity index (χ0v) is 19.1. The third-order valence-corrected chi connectivity index (χ3v) is 7.02. The molecular weight excluding hydrogens is 449 g/mol. The molecule has 33 heavy (non-hydrogen) atoms. The van der Waals surface area contributed by atoms with Crippen LogP contribution in [0.4, 0.5) is 9.18 Å². The van der Waals surface area contributed by atoms with Crippen LogP contribution >= 0.6 is 11.3 Å². The number of piperidine rings is 1. The van der Waals surface area contributed by atoms with Crippen molar-refractivity contribution in [3.05, 3.63) is 35.7 Å². The summed E-state index contributed by atoms with van der Waals surface area (Å²) in [5.74, 6) is 0.554. The number of likely N-dealkylation sites (tertiary alicyclic amines) is 1. The van der Waals surface area contributed by atoms with Crippen LogP contribution in [-0.4, -0.2) is 67.1 Å². The summed E-state index contributed by atoms with van der Waals surface area (Å²) in [6.45, 7) is 4.14. The van der Waals surface area contributed by atoms with Gasteiger partial charge >= 0.3 is 6.09 Å². The van der Waals surface area contributed by atoms with Gasteiger partial charge in [0.2, 0.25) is 5.88 Å². The third-order valence-electron chi connectivity index (χ3n) is 6.06. The van der Waals surface area contributed by atoms with Crippen molar-refractivity contribution in [1.82, 2.24) is 14.9 Å². The molecule has 2 saturated heterocycles. The number of fused-ring (bicyclic) bond motifs is 3. The van der Waals surface area contributed by atoms with Gasteiger partial charge in [0.05, 0.1) is 32.4 Å². The van der Waals surface area contributed by atoms with E-state index in [2.05, 4.69) is 9.97 Å². The Morgan fingerprint density at radius 1 is 1.24 bits per heavy atom. The highest BCUT2D eigenvalue weighted by Gasteiger charge is 2.44. The number of carbonyl (C=O) groups excluding carboxylic acids is 1. The quantitative estimate of drug-likeness (QED) is 0.554. The molecule has 2 fully saturated rings. The van der Waals surface area contributed by atoms with Crippen molar-refractivity contribution < 1.29 is 28.1 Å². The van der Waals surface area contributed by atoms with Gasteiger partial charge in [0.25, 0.3) is 0 Å². The van der Waals surface area contributed by atoms with Crippen molar-refractivity contribution in [3.8, 4) is 22.8 Å². The molecule has 10 heteroatoms. The van der Waals surface area contributed by atoms with Crippen molar-refractivity contribution >= 4 is 27.6 Å². The summed E-state index contributed by atoms with van der Waals surface area (Å²) in [6.07, 6.45) is 0.988. The fourth-order valence-electron chi connectivity index (χ4n) is 4.53. The van der Waals surface area contributed by atoms with Crippen molar-refractivity contribution in [2.45, 2.75) is 13.0 Å². The Kier molecular flexibility index (Phi) is 6.03. The van der Waals surface area contributed by atoms with E-state index in [9.17, 15) is 9.18 Å². The predicted octanol–water partition coefficient (Wildman–Crippen LogP) is 3.99. The highest BCUT2D eigenvalue weighted by molar-refractivity contribution is 7.18. The summed E-state index contributed by atoms with van der Waals surface area (Å²) in [4.78, 5) is 22.8. The zero-order valence-electron chi connectivity index (χ0n) is 18.3. The number of methoxy groups -OCH3 is 1. The van der Waals surface area contributed by atoms with Gasteiger partial charge in [-0.15, -0.1) is 11.3 Å². The summed E-state index contributed by atoms with van der Waals surface area (Å²) < 4.78 is 37.9. The van der Waals surface area contributed by atoms with Gasteiger partial charge in [-0.1, -0.05) is 0 Å². The first-order valence-electron chi connectivity index (χ1n) is 10.8. The smallest absolute Gasteiger partial charge is 0.409 e.